The predicted molar refractivity (Wildman–Crippen MR) is 78.3 cm³/mol. The van der Waals surface area contributed by atoms with Crippen molar-refractivity contribution >= 4 is 41.6 Å². The molecule has 112 valence electrons. The largest absolute Gasteiger partial charge is 0.443 e. The molecule has 0 atom stereocenters. The number of halogens is 2. The van der Waals surface area contributed by atoms with Crippen molar-refractivity contribution in [1.29, 1.82) is 0 Å². The maximum absolute atomic E-state index is 12.0. The summed E-state index contributed by atoms with van der Waals surface area (Å²) in [6.07, 6.45) is 4.01. The SMILES string of the molecule is CC1CCC(NC(=O)c2cc(S(=O)(=O)Cl)c(Br)o2)CC1. The van der Waals surface area contributed by atoms with Gasteiger partial charge in [-0.3, -0.25) is 4.79 Å². The van der Waals surface area contributed by atoms with Gasteiger partial charge in [-0.15, -0.1) is 0 Å². The summed E-state index contributed by atoms with van der Waals surface area (Å²) in [6, 6.07) is 1.24. The van der Waals surface area contributed by atoms with E-state index in [-0.39, 0.29) is 21.4 Å². The van der Waals surface area contributed by atoms with Crippen molar-refractivity contribution < 1.29 is 17.6 Å². The maximum Gasteiger partial charge on any atom is 0.287 e. The fourth-order valence-electron chi connectivity index (χ4n) is 2.29. The molecule has 0 saturated heterocycles. The summed E-state index contributed by atoms with van der Waals surface area (Å²) in [5, 5.41) is 2.86. The maximum atomic E-state index is 12.0. The zero-order chi connectivity index (χ0) is 14.9. The van der Waals surface area contributed by atoms with Gasteiger partial charge in [-0.05, 0) is 47.5 Å². The van der Waals surface area contributed by atoms with E-state index in [1.54, 1.807) is 0 Å². The first-order chi connectivity index (χ1) is 9.27. The van der Waals surface area contributed by atoms with Gasteiger partial charge < -0.3 is 9.73 Å². The number of amides is 1. The smallest absolute Gasteiger partial charge is 0.287 e. The highest BCUT2D eigenvalue weighted by Gasteiger charge is 2.25. The van der Waals surface area contributed by atoms with Gasteiger partial charge in [0.2, 0.25) is 0 Å². The average Bonchev–Trinajstić information content (AvgIpc) is 2.74. The first-order valence-corrected chi connectivity index (χ1v) is 9.42. The lowest BCUT2D eigenvalue weighted by molar-refractivity contribution is 0.0893. The summed E-state index contributed by atoms with van der Waals surface area (Å²) in [4.78, 5) is 11.8. The molecular weight excluding hydrogens is 370 g/mol. The highest BCUT2D eigenvalue weighted by molar-refractivity contribution is 9.10. The molecule has 1 amide bonds. The molecule has 0 unspecified atom stereocenters. The molecule has 0 aromatic carbocycles. The van der Waals surface area contributed by atoms with E-state index in [9.17, 15) is 13.2 Å². The molecule has 1 aromatic rings. The van der Waals surface area contributed by atoms with Gasteiger partial charge in [0.1, 0.15) is 4.90 Å². The summed E-state index contributed by atoms with van der Waals surface area (Å²) in [6.45, 7) is 2.19. The quantitative estimate of drug-likeness (QED) is 0.811. The normalized spacial score (nSPS) is 23.6. The minimum absolute atomic E-state index is 0.0603. The van der Waals surface area contributed by atoms with Crippen molar-refractivity contribution in [2.24, 2.45) is 5.92 Å². The lowest BCUT2D eigenvalue weighted by atomic mass is 9.87. The number of rotatable bonds is 3. The standard InChI is InChI=1S/C12H15BrClNO4S/c1-7-2-4-8(5-3-7)15-12(16)9-6-10(11(13)19-9)20(14,17)18/h6-8H,2-5H2,1H3,(H,15,16). The molecule has 0 aliphatic heterocycles. The Morgan fingerprint density at radius 3 is 2.50 bits per heavy atom. The number of carbonyl (C=O) groups is 1. The van der Waals surface area contributed by atoms with E-state index in [0.717, 1.165) is 31.7 Å². The third kappa shape index (κ3) is 3.77. The van der Waals surface area contributed by atoms with Gasteiger partial charge in [-0.25, -0.2) is 8.42 Å². The van der Waals surface area contributed by atoms with Gasteiger partial charge >= 0.3 is 0 Å². The fraction of sp³-hybridized carbons (Fsp3) is 0.583. The average molecular weight is 385 g/mol. The molecule has 1 aliphatic rings. The zero-order valence-electron chi connectivity index (χ0n) is 10.9. The van der Waals surface area contributed by atoms with E-state index >= 15 is 0 Å². The number of hydrogen-bond donors (Lipinski definition) is 1. The van der Waals surface area contributed by atoms with E-state index in [0.29, 0.717) is 5.92 Å². The van der Waals surface area contributed by atoms with Crippen molar-refractivity contribution in [2.75, 3.05) is 0 Å². The van der Waals surface area contributed by atoms with Gasteiger partial charge in [-0.2, -0.15) is 0 Å². The van der Waals surface area contributed by atoms with E-state index in [1.807, 2.05) is 0 Å². The van der Waals surface area contributed by atoms with Crippen LogP contribution in [0.15, 0.2) is 20.0 Å². The number of carbonyl (C=O) groups excluding carboxylic acids is 1. The summed E-state index contributed by atoms with van der Waals surface area (Å²) in [5.74, 6) is 0.209. The van der Waals surface area contributed by atoms with Crippen LogP contribution in [-0.2, 0) is 9.05 Å². The van der Waals surface area contributed by atoms with Crippen molar-refractivity contribution in [3.63, 3.8) is 0 Å². The van der Waals surface area contributed by atoms with Crippen LogP contribution in [-0.4, -0.2) is 20.4 Å². The second kappa shape index (κ2) is 6.07. The van der Waals surface area contributed by atoms with E-state index < -0.39 is 15.0 Å². The molecule has 0 spiro atoms. The number of nitrogens with one attached hydrogen (secondary N) is 1. The van der Waals surface area contributed by atoms with Gasteiger partial charge in [-0.1, -0.05) is 6.92 Å². The van der Waals surface area contributed by atoms with Crippen LogP contribution in [0.25, 0.3) is 0 Å². The monoisotopic (exact) mass is 383 g/mol. The molecule has 2 rings (SSSR count). The Morgan fingerprint density at radius 1 is 1.40 bits per heavy atom. The minimum Gasteiger partial charge on any atom is -0.443 e. The summed E-state index contributed by atoms with van der Waals surface area (Å²) < 4.78 is 27.6. The van der Waals surface area contributed by atoms with Crippen LogP contribution in [0.1, 0.15) is 43.2 Å². The molecule has 20 heavy (non-hydrogen) atoms. The third-order valence-electron chi connectivity index (χ3n) is 3.49. The third-order valence-corrected chi connectivity index (χ3v) is 5.67. The molecule has 1 fully saturated rings. The summed E-state index contributed by atoms with van der Waals surface area (Å²) >= 11 is 2.94. The number of furan rings is 1. The van der Waals surface area contributed by atoms with E-state index in [1.165, 1.54) is 0 Å². The molecule has 0 bridgehead atoms. The van der Waals surface area contributed by atoms with E-state index in [2.05, 4.69) is 28.2 Å². The molecule has 1 heterocycles. The van der Waals surface area contributed by atoms with Gasteiger partial charge in [0.25, 0.3) is 15.0 Å². The molecule has 0 radical (unpaired) electrons. The minimum atomic E-state index is -3.93. The van der Waals surface area contributed by atoms with Crippen LogP contribution in [0.4, 0.5) is 0 Å². The second-order valence-electron chi connectivity index (χ2n) is 5.12. The molecule has 8 heteroatoms. The van der Waals surface area contributed by atoms with Gasteiger partial charge in [0.05, 0.1) is 0 Å². The van der Waals surface area contributed by atoms with Gasteiger partial charge in [0.15, 0.2) is 10.4 Å². The van der Waals surface area contributed by atoms with Crippen LogP contribution < -0.4 is 5.32 Å². The molecule has 1 aliphatic carbocycles. The number of hydrogen-bond acceptors (Lipinski definition) is 4. The second-order valence-corrected chi connectivity index (χ2v) is 8.37. The van der Waals surface area contributed by atoms with Crippen LogP contribution >= 0.6 is 26.6 Å². The Labute approximate surface area is 130 Å². The Morgan fingerprint density at radius 2 is 2.00 bits per heavy atom. The Hall–Kier alpha value is -0.530. The van der Waals surface area contributed by atoms with Gasteiger partial charge in [0, 0.05) is 22.8 Å². The first kappa shape index (κ1) is 15.9. The van der Waals surface area contributed by atoms with Crippen molar-refractivity contribution in [3.8, 4) is 0 Å². The lowest BCUT2D eigenvalue weighted by Gasteiger charge is -2.26. The van der Waals surface area contributed by atoms with Crippen LogP contribution in [0.3, 0.4) is 0 Å². The molecule has 1 aromatic heterocycles. The van der Waals surface area contributed by atoms with Crippen molar-refractivity contribution in [3.05, 3.63) is 16.5 Å². The van der Waals surface area contributed by atoms with Crippen LogP contribution in [0.5, 0.6) is 0 Å². The topological polar surface area (TPSA) is 76.4 Å². The lowest BCUT2D eigenvalue weighted by Crippen LogP contribution is -2.37. The molecule has 1 N–H and O–H groups in total. The fourth-order valence-corrected chi connectivity index (χ4v) is 4.32. The highest BCUT2D eigenvalue weighted by Crippen LogP contribution is 2.29. The zero-order valence-corrected chi connectivity index (χ0v) is 14.0. The predicted octanol–water partition coefficient (Wildman–Crippen LogP) is 3.28. The van der Waals surface area contributed by atoms with Crippen molar-refractivity contribution in [2.45, 2.75) is 43.5 Å². The first-order valence-electron chi connectivity index (χ1n) is 6.32. The summed E-state index contributed by atoms with van der Waals surface area (Å²) in [5.41, 5.74) is 0. The Kier molecular flexibility index (Phi) is 4.81. The van der Waals surface area contributed by atoms with E-state index in [4.69, 9.17) is 15.1 Å². The van der Waals surface area contributed by atoms with Crippen molar-refractivity contribution in [1.82, 2.24) is 5.32 Å². The molecule has 5 nitrogen and oxygen atoms in total. The Bertz CT molecular complexity index is 605. The highest BCUT2D eigenvalue weighted by atomic mass is 79.9. The molecular formula is C12H15BrClNO4S. The van der Waals surface area contributed by atoms with Crippen LogP contribution in [0.2, 0.25) is 0 Å². The Balaban J connectivity index is 2.07. The van der Waals surface area contributed by atoms with Crippen LogP contribution in [0, 0.1) is 5.92 Å². The molecule has 1 saturated carbocycles. The summed E-state index contributed by atoms with van der Waals surface area (Å²) in [7, 11) is 1.31.